The van der Waals surface area contributed by atoms with Crippen LogP contribution in [0.2, 0.25) is 0 Å². The smallest absolute Gasteiger partial charge is 0.203 e. The van der Waals surface area contributed by atoms with Gasteiger partial charge in [0.2, 0.25) is 5.75 Å². The van der Waals surface area contributed by atoms with Gasteiger partial charge in [0.05, 0.1) is 21.3 Å². The van der Waals surface area contributed by atoms with Crippen molar-refractivity contribution >= 4 is 12.4 Å². The zero-order valence-electron chi connectivity index (χ0n) is 12.3. The highest BCUT2D eigenvalue weighted by Crippen LogP contribution is 2.42. The van der Waals surface area contributed by atoms with Gasteiger partial charge < -0.3 is 25.7 Å². The number of unbranched alkanes of at least 4 members (excludes halogenated alkanes) is 1. The molecule has 0 radical (unpaired) electrons. The molecule has 1 rings (SSSR count). The maximum Gasteiger partial charge on any atom is 0.203 e. The van der Waals surface area contributed by atoms with Crippen LogP contribution < -0.4 is 25.7 Å². The average Bonchev–Trinajstić information content (AvgIpc) is 2.45. The predicted molar refractivity (Wildman–Crippen MR) is 83.2 cm³/mol. The second-order valence-corrected chi connectivity index (χ2v) is 4.31. The quantitative estimate of drug-likeness (QED) is 0.720. The van der Waals surface area contributed by atoms with Gasteiger partial charge in [-0.1, -0.05) is 6.42 Å². The van der Waals surface area contributed by atoms with E-state index in [2.05, 4.69) is 0 Å². The third-order valence-corrected chi connectivity index (χ3v) is 3.10. The standard InChI is InChI=1S/C14H24N2O3.ClH/c1-17-12-8-7-10(11(16)6-4-5-9-15)13(18-2)14(12)19-3;/h7-8,11H,4-6,9,15-16H2,1-3H3;1H/t11-;/m1./s1. The number of rotatable bonds is 8. The summed E-state index contributed by atoms with van der Waals surface area (Å²) in [6.07, 6.45) is 2.83. The molecule has 0 bridgehead atoms. The summed E-state index contributed by atoms with van der Waals surface area (Å²) >= 11 is 0. The second-order valence-electron chi connectivity index (χ2n) is 4.31. The lowest BCUT2D eigenvalue weighted by Crippen LogP contribution is -2.13. The van der Waals surface area contributed by atoms with E-state index in [0.29, 0.717) is 23.8 Å². The largest absolute Gasteiger partial charge is 0.493 e. The Labute approximate surface area is 127 Å². The summed E-state index contributed by atoms with van der Waals surface area (Å²) in [5, 5.41) is 0. The van der Waals surface area contributed by atoms with Gasteiger partial charge in [-0.05, 0) is 31.5 Å². The Morgan fingerprint density at radius 3 is 2.15 bits per heavy atom. The lowest BCUT2D eigenvalue weighted by Gasteiger charge is -2.19. The maximum atomic E-state index is 6.21. The minimum Gasteiger partial charge on any atom is -0.493 e. The van der Waals surface area contributed by atoms with Gasteiger partial charge in [-0.15, -0.1) is 12.4 Å². The molecule has 0 heterocycles. The Morgan fingerprint density at radius 1 is 1.00 bits per heavy atom. The molecule has 1 atom stereocenters. The molecule has 0 aliphatic rings. The molecule has 0 saturated carbocycles. The molecule has 6 heteroatoms. The summed E-state index contributed by atoms with van der Waals surface area (Å²) in [6, 6.07) is 3.67. The van der Waals surface area contributed by atoms with Gasteiger partial charge in [0.25, 0.3) is 0 Å². The molecule has 0 saturated heterocycles. The maximum absolute atomic E-state index is 6.21. The summed E-state index contributed by atoms with van der Waals surface area (Å²) < 4.78 is 16.0. The van der Waals surface area contributed by atoms with Crippen molar-refractivity contribution in [3.63, 3.8) is 0 Å². The predicted octanol–water partition coefficient (Wildman–Crippen LogP) is 2.26. The fourth-order valence-corrected chi connectivity index (χ4v) is 2.08. The van der Waals surface area contributed by atoms with Crippen LogP contribution in [0.5, 0.6) is 17.2 Å². The molecule has 0 aliphatic carbocycles. The lowest BCUT2D eigenvalue weighted by molar-refractivity contribution is 0.320. The van der Waals surface area contributed by atoms with Gasteiger partial charge in [-0.3, -0.25) is 0 Å². The number of hydrogen-bond acceptors (Lipinski definition) is 5. The summed E-state index contributed by atoms with van der Waals surface area (Å²) in [7, 11) is 4.79. The highest BCUT2D eigenvalue weighted by molar-refractivity contribution is 5.85. The Bertz CT molecular complexity index is 402. The molecule has 1 aromatic carbocycles. The van der Waals surface area contributed by atoms with Crippen LogP contribution in [0, 0.1) is 0 Å². The van der Waals surface area contributed by atoms with Crippen molar-refractivity contribution in [3.05, 3.63) is 17.7 Å². The van der Waals surface area contributed by atoms with Crippen LogP contribution in [0.15, 0.2) is 12.1 Å². The molecule has 116 valence electrons. The molecule has 0 unspecified atom stereocenters. The van der Waals surface area contributed by atoms with Crippen LogP contribution in [0.3, 0.4) is 0 Å². The topological polar surface area (TPSA) is 79.7 Å². The third-order valence-electron chi connectivity index (χ3n) is 3.10. The summed E-state index contributed by atoms with van der Waals surface area (Å²) in [5.74, 6) is 1.86. The van der Waals surface area contributed by atoms with Crippen molar-refractivity contribution in [1.82, 2.24) is 0 Å². The Kier molecular flexibility index (Phi) is 9.12. The molecule has 1 aromatic rings. The molecule has 0 aliphatic heterocycles. The van der Waals surface area contributed by atoms with Crippen LogP contribution in [0.4, 0.5) is 0 Å². The van der Waals surface area contributed by atoms with Crippen molar-refractivity contribution < 1.29 is 14.2 Å². The van der Waals surface area contributed by atoms with Gasteiger partial charge in [0.15, 0.2) is 11.5 Å². The van der Waals surface area contributed by atoms with Crippen LogP contribution in [0.25, 0.3) is 0 Å². The van der Waals surface area contributed by atoms with E-state index in [-0.39, 0.29) is 18.4 Å². The van der Waals surface area contributed by atoms with Gasteiger partial charge >= 0.3 is 0 Å². The second kappa shape index (κ2) is 9.69. The Hall–Kier alpha value is -1.17. The van der Waals surface area contributed by atoms with Gasteiger partial charge in [0, 0.05) is 11.6 Å². The summed E-state index contributed by atoms with van der Waals surface area (Å²) in [5.41, 5.74) is 12.6. The molecule has 4 N–H and O–H groups in total. The first kappa shape index (κ1) is 18.8. The molecule has 0 spiro atoms. The van der Waals surface area contributed by atoms with Crippen molar-refractivity contribution in [2.75, 3.05) is 27.9 Å². The van der Waals surface area contributed by atoms with Crippen LogP contribution in [0.1, 0.15) is 30.9 Å². The fraction of sp³-hybridized carbons (Fsp3) is 0.571. The minimum absolute atomic E-state index is 0. The van der Waals surface area contributed by atoms with E-state index in [9.17, 15) is 0 Å². The number of methoxy groups -OCH3 is 3. The monoisotopic (exact) mass is 304 g/mol. The van der Waals surface area contributed by atoms with E-state index < -0.39 is 0 Å². The van der Waals surface area contributed by atoms with E-state index in [1.54, 1.807) is 21.3 Å². The molecular formula is C14H25ClN2O3. The fourth-order valence-electron chi connectivity index (χ4n) is 2.08. The first-order chi connectivity index (χ1) is 9.19. The molecule has 0 fully saturated rings. The first-order valence-electron chi connectivity index (χ1n) is 6.44. The zero-order chi connectivity index (χ0) is 14.3. The van der Waals surface area contributed by atoms with E-state index in [1.165, 1.54) is 0 Å². The van der Waals surface area contributed by atoms with Crippen molar-refractivity contribution in [2.24, 2.45) is 11.5 Å². The third kappa shape index (κ3) is 4.44. The molecule has 5 nitrogen and oxygen atoms in total. The zero-order valence-corrected chi connectivity index (χ0v) is 13.2. The number of halogens is 1. The highest BCUT2D eigenvalue weighted by atomic mass is 35.5. The van der Waals surface area contributed by atoms with Gasteiger partial charge in [-0.25, -0.2) is 0 Å². The van der Waals surface area contributed by atoms with Crippen molar-refractivity contribution in [2.45, 2.75) is 25.3 Å². The Morgan fingerprint density at radius 2 is 1.65 bits per heavy atom. The van der Waals surface area contributed by atoms with Crippen molar-refractivity contribution in [3.8, 4) is 17.2 Å². The molecule has 0 aromatic heterocycles. The lowest BCUT2D eigenvalue weighted by atomic mass is 10.00. The van der Waals surface area contributed by atoms with E-state index in [4.69, 9.17) is 25.7 Å². The first-order valence-corrected chi connectivity index (χ1v) is 6.44. The number of benzene rings is 1. The van der Waals surface area contributed by atoms with Crippen LogP contribution in [-0.2, 0) is 0 Å². The number of nitrogens with two attached hydrogens (primary N) is 2. The van der Waals surface area contributed by atoms with Crippen LogP contribution in [-0.4, -0.2) is 27.9 Å². The van der Waals surface area contributed by atoms with Crippen LogP contribution >= 0.6 is 12.4 Å². The number of hydrogen-bond donors (Lipinski definition) is 2. The normalized spacial score (nSPS) is 11.4. The minimum atomic E-state index is -0.0960. The van der Waals surface area contributed by atoms with Gasteiger partial charge in [0.1, 0.15) is 0 Å². The molecule has 20 heavy (non-hydrogen) atoms. The van der Waals surface area contributed by atoms with E-state index in [1.807, 2.05) is 12.1 Å². The summed E-state index contributed by atoms with van der Waals surface area (Å²) in [4.78, 5) is 0. The highest BCUT2D eigenvalue weighted by Gasteiger charge is 2.19. The molecule has 0 amide bonds. The van der Waals surface area contributed by atoms with E-state index >= 15 is 0 Å². The number of ether oxygens (including phenoxy) is 3. The SMILES string of the molecule is COc1ccc([C@H](N)CCCCN)c(OC)c1OC.Cl. The summed E-state index contributed by atoms with van der Waals surface area (Å²) in [6.45, 7) is 0.690. The van der Waals surface area contributed by atoms with E-state index in [0.717, 1.165) is 24.8 Å². The van der Waals surface area contributed by atoms with Gasteiger partial charge in [-0.2, -0.15) is 0 Å². The average molecular weight is 305 g/mol. The Balaban J connectivity index is 0.00000361. The molecular weight excluding hydrogens is 280 g/mol. The van der Waals surface area contributed by atoms with Crippen molar-refractivity contribution in [1.29, 1.82) is 0 Å².